The highest BCUT2D eigenvalue weighted by molar-refractivity contribution is 5.81. The Bertz CT molecular complexity index is 918. The molecule has 2 fully saturated rings. The Morgan fingerprint density at radius 2 is 1.90 bits per heavy atom. The fourth-order valence-corrected chi connectivity index (χ4v) is 4.08. The second-order valence-electron chi connectivity index (χ2n) is 7.40. The van der Waals surface area contributed by atoms with Gasteiger partial charge in [-0.15, -0.1) is 0 Å². The number of carboxylic acid groups (broad SMARTS) is 1. The summed E-state index contributed by atoms with van der Waals surface area (Å²) in [7, 11) is 0. The van der Waals surface area contributed by atoms with Gasteiger partial charge in [0, 0.05) is 45.5 Å². The van der Waals surface area contributed by atoms with Crippen molar-refractivity contribution in [2.75, 3.05) is 42.5 Å². The molecule has 0 radical (unpaired) electrons. The largest absolute Gasteiger partial charge is 0.480 e. The van der Waals surface area contributed by atoms with Crippen LogP contribution in [0.1, 0.15) is 18.5 Å². The minimum atomic E-state index is -0.995. The number of anilines is 2. The highest BCUT2D eigenvalue weighted by Crippen LogP contribution is 2.37. The summed E-state index contributed by atoms with van der Waals surface area (Å²) < 4.78 is 0. The Hall–Kier alpha value is -3.34. The molecule has 4 heterocycles. The molecule has 0 spiro atoms. The molecular formula is C19H23N7O4. The Morgan fingerprint density at radius 3 is 2.57 bits per heavy atom. The molecule has 1 N–H and O–H groups in total. The number of nitro groups is 1. The summed E-state index contributed by atoms with van der Waals surface area (Å²) in [5.74, 6) is -0.658. The van der Waals surface area contributed by atoms with E-state index in [4.69, 9.17) is 0 Å². The van der Waals surface area contributed by atoms with Crippen LogP contribution in [0.25, 0.3) is 0 Å². The van der Waals surface area contributed by atoms with E-state index in [-0.39, 0.29) is 17.3 Å². The van der Waals surface area contributed by atoms with E-state index in [0.29, 0.717) is 45.6 Å². The maximum Gasteiger partial charge on any atom is 0.353 e. The van der Waals surface area contributed by atoms with Gasteiger partial charge in [0.2, 0.25) is 11.6 Å². The highest BCUT2D eigenvalue weighted by Gasteiger charge is 2.38. The van der Waals surface area contributed by atoms with Gasteiger partial charge in [0.25, 0.3) is 0 Å². The Balaban J connectivity index is 1.53. The number of hydrogen-bond donors (Lipinski definition) is 1. The van der Waals surface area contributed by atoms with Crippen molar-refractivity contribution in [2.24, 2.45) is 0 Å². The van der Waals surface area contributed by atoms with Crippen molar-refractivity contribution in [1.82, 2.24) is 19.9 Å². The van der Waals surface area contributed by atoms with Gasteiger partial charge in [-0.1, -0.05) is 6.07 Å². The van der Waals surface area contributed by atoms with E-state index >= 15 is 0 Å². The number of carboxylic acids is 1. The van der Waals surface area contributed by atoms with E-state index in [1.165, 1.54) is 11.2 Å². The monoisotopic (exact) mass is 413 g/mol. The highest BCUT2D eigenvalue weighted by atomic mass is 16.6. The average Bonchev–Trinajstić information content (AvgIpc) is 3.25. The van der Waals surface area contributed by atoms with Crippen LogP contribution in [-0.4, -0.2) is 74.6 Å². The summed E-state index contributed by atoms with van der Waals surface area (Å²) in [5, 5.41) is 21.4. The second-order valence-corrected chi connectivity index (χ2v) is 7.40. The first kappa shape index (κ1) is 20.0. The van der Waals surface area contributed by atoms with Crippen molar-refractivity contribution in [3.63, 3.8) is 0 Å². The molecule has 2 aliphatic heterocycles. The summed E-state index contributed by atoms with van der Waals surface area (Å²) in [6, 6.07) is 5.00. The smallest absolute Gasteiger partial charge is 0.353 e. The number of carbonyl (C=O) groups is 1. The van der Waals surface area contributed by atoms with E-state index in [1.54, 1.807) is 6.20 Å². The van der Waals surface area contributed by atoms with Crippen LogP contribution < -0.4 is 9.80 Å². The third-order valence-corrected chi connectivity index (χ3v) is 5.56. The zero-order valence-corrected chi connectivity index (χ0v) is 16.4. The van der Waals surface area contributed by atoms with Crippen LogP contribution in [0.4, 0.5) is 17.3 Å². The van der Waals surface area contributed by atoms with Gasteiger partial charge in [-0.25, -0.2) is 14.8 Å². The first-order valence-corrected chi connectivity index (χ1v) is 9.90. The van der Waals surface area contributed by atoms with Gasteiger partial charge in [-0.2, -0.15) is 0 Å². The van der Waals surface area contributed by atoms with Crippen molar-refractivity contribution in [3.8, 4) is 0 Å². The predicted octanol–water partition coefficient (Wildman–Crippen LogP) is 1.16. The third-order valence-electron chi connectivity index (χ3n) is 5.56. The minimum Gasteiger partial charge on any atom is -0.480 e. The number of pyridine rings is 1. The number of nitrogens with zero attached hydrogens (tertiary/aromatic N) is 7. The first-order valence-electron chi connectivity index (χ1n) is 9.90. The lowest BCUT2D eigenvalue weighted by atomic mass is 10.2. The van der Waals surface area contributed by atoms with Crippen molar-refractivity contribution < 1.29 is 14.8 Å². The third kappa shape index (κ3) is 4.01. The van der Waals surface area contributed by atoms with Gasteiger partial charge >= 0.3 is 11.7 Å². The lowest BCUT2D eigenvalue weighted by Gasteiger charge is -2.35. The van der Waals surface area contributed by atoms with Crippen LogP contribution in [0, 0.1) is 10.1 Å². The Morgan fingerprint density at radius 1 is 1.13 bits per heavy atom. The molecule has 0 amide bonds. The number of aliphatic carboxylic acids is 1. The van der Waals surface area contributed by atoms with Gasteiger partial charge in [0.1, 0.15) is 12.4 Å². The molecule has 1 atom stereocenters. The average molecular weight is 413 g/mol. The zero-order chi connectivity index (χ0) is 21.1. The minimum absolute atomic E-state index is 0.0887. The maximum absolute atomic E-state index is 11.9. The number of piperazine rings is 1. The van der Waals surface area contributed by atoms with Gasteiger partial charge in [0.05, 0.1) is 10.6 Å². The van der Waals surface area contributed by atoms with E-state index in [2.05, 4.69) is 19.9 Å². The molecule has 2 saturated heterocycles. The molecule has 0 saturated carbocycles. The summed E-state index contributed by atoms with van der Waals surface area (Å²) >= 11 is 0. The van der Waals surface area contributed by atoms with Crippen LogP contribution in [0.15, 0.2) is 30.7 Å². The van der Waals surface area contributed by atoms with Crippen LogP contribution in [0.2, 0.25) is 0 Å². The molecule has 11 heteroatoms. The standard InChI is InChI=1S/C19H23N7O4/c27-19(28)15-5-3-7-25(15)18-16(26(29)30)17(21-13-22-18)24-10-8-23(9-11-24)12-14-4-1-2-6-20-14/h1-2,4,6,13,15H,3,5,7-12H2,(H,27,28)/t15-/m1/s1. The summed E-state index contributed by atoms with van der Waals surface area (Å²) in [6.45, 7) is 3.73. The maximum atomic E-state index is 11.9. The van der Waals surface area contributed by atoms with Crippen molar-refractivity contribution in [2.45, 2.75) is 25.4 Å². The van der Waals surface area contributed by atoms with E-state index < -0.39 is 16.9 Å². The van der Waals surface area contributed by atoms with Gasteiger partial charge in [-0.3, -0.25) is 20.0 Å². The van der Waals surface area contributed by atoms with Crippen LogP contribution in [0.5, 0.6) is 0 Å². The fourth-order valence-electron chi connectivity index (χ4n) is 4.08. The quantitative estimate of drug-likeness (QED) is 0.544. The lowest BCUT2D eigenvalue weighted by molar-refractivity contribution is -0.383. The van der Waals surface area contributed by atoms with Crippen molar-refractivity contribution in [3.05, 3.63) is 46.5 Å². The topological polar surface area (TPSA) is 129 Å². The van der Waals surface area contributed by atoms with E-state index in [9.17, 15) is 20.0 Å². The molecule has 0 bridgehead atoms. The number of rotatable bonds is 6. The summed E-state index contributed by atoms with van der Waals surface area (Å²) in [6.07, 6.45) is 4.15. The molecule has 0 unspecified atom stereocenters. The van der Waals surface area contributed by atoms with Gasteiger partial charge in [-0.05, 0) is 25.0 Å². The van der Waals surface area contributed by atoms with Crippen molar-refractivity contribution >= 4 is 23.3 Å². The van der Waals surface area contributed by atoms with Crippen LogP contribution >= 0.6 is 0 Å². The molecule has 2 aliphatic rings. The molecule has 0 aliphatic carbocycles. The molecule has 158 valence electrons. The van der Waals surface area contributed by atoms with Crippen LogP contribution in [-0.2, 0) is 11.3 Å². The molecule has 0 aromatic carbocycles. The summed E-state index contributed by atoms with van der Waals surface area (Å²) in [5.41, 5.74) is 0.763. The first-order chi connectivity index (χ1) is 14.5. The van der Waals surface area contributed by atoms with Crippen LogP contribution in [0.3, 0.4) is 0 Å². The Kier molecular flexibility index (Phi) is 5.70. The molecule has 30 heavy (non-hydrogen) atoms. The molecule has 11 nitrogen and oxygen atoms in total. The number of aromatic nitrogens is 3. The predicted molar refractivity (Wildman–Crippen MR) is 108 cm³/mol. The van der Waals surface area contributed by atoms with Gasteiger partial charge < -0.3 is 14.9 Å². The van der Waals surface area contributed by atoms with Crippen molar-refractivity contribution in [1.29, 1.82) is 0 Å². The molecule has 2 aromatic heterocycles. The van der Waals surface area contributed by atoms with Gasteiger partial charge in [0.15, 0.2) is 0 Å². The Labute approximate surface area is 173 Å². The second kappa shape index (κ2) is 8.57. The summed E-state index contributed by atoms with van der Waals surface area (Å²) in [4.78, 5) is 41.3. The van der Waals surface area contributed by atoms with E-state index in [1.807, 2.05) is 23.1 Å². The van der Waals surface area contributed by atoms with E-state index in [0.717, 1.165) is 12.2 Å². The fraction of sp³-hybridized carbons (Fsp3) is 0.474. The zero-order valence-electron chi connectivity index (χ0n) is 16.4. The normalized spacial score (nSPS) is 19.8. The molecular weight excluding hydrogens is 390 g/mol. The molecule has 4 rings (SSSR count). The molecule has 2 aromatic rings. The number of hydrogen-bond acceptors (Lipinski definition) is 9. The lowest BCUT2D eigenvalue weighted by Crippen LogP contribution is -2.46. The SMILES string of the molecule is O=C(O)[C@H]1CCCN1c1ncnc(N2CCN(Cc3ccccn3)CC2)c1[N+](=O)[O-].